The highest BCUT2D eigenvalue weighted by Gasteiger charge is 2.63. The van der Waals surface area contributed by atoms with Gasteiger partial charge < -0.3 is 31.5 Å². The van der Waals surface area contributed by atoms with Gasteiger partial charge in [0.15, 0.2) is 11.4 Å². The van der Waals surface area contributed by atoms with Gasteiger partial charge in [-0.1, -0.05) is 12.1 Å². The molecular formula is C28H28N4O8. The minimum Gasteiger partial charge on any atom is -0.510 e. The normalized spacial score (nSPS) is 25.9. The Morgan fingerprint density at radius 3 is 2.50 bits per heavy atom. The summed E-state index contributed by atoms with van der Waals surface area (Å²) in [6, 6.07) is 6.69. The molecule has 1 aromatic carbocycles. The Balaban J connectivity index is 1.58. The van der Waals surface area contributed by atoms with Crippen LogP contribution in [0.25, 0.3) is 0 Å². The highest BCUT2D eigenvalue weighted by Crippen LogP contribution is 2.52. The zero-order valence-electron chi connectivity index (χ0n) is 21.7. The molecule has 5 rings (SSSR count). The van der Waals surface area contributed by atoms with Crippen LogP contribution in [0.4, 0.5) is 0 Å². The summed E-state index contributed by atoms with van der Waals surface area (Å²) >= 11 is 0. The van der Waals surface area contributed by atoms with Crippen molar-refractivity contribution in [1.29, 1.82) is 0 Å². The number of allylic oxidation sites excluding steroid dienone is 1. The first-order chi connectivity index (χ1) is 18.9. The highest BCUT2D eigenvalue weighted by molar-refractivity contribution is 6.24. The summed E-state index contributed by atoms with van der Waals surface area (Å²) in [6.45, 7) is 0.0146. The fourth-order valence-corrected chi connectivity index (χ4v) is 6.24. The maximum Gasteiger partial charge on any atom is 0.270 e. The minimum absolute atomic E-state index is 0.0146. The number of likely N-dealkylation sites (N-methyl/N-ethyl adjacent to an activating group) is 1. The first-order valence-electron chi connectivity index (χ1n) is 12.6. The molecule has 7 N–H and O–H groups in total. The number of nitrogens with one attached hydrogen (secondary N) is 1. The number of carbonyl (C=O) groups is 4. The largest absolute Gasteiger partial charge is 0.510 e. The van der Waals surface area contributed by atoms with Crippen molar-refractivity contribution in [3.63, 3.8) is 0 Å². The van der Waals surface area contributed by atoms with Gasteiger partial charge in [-0.3, -0.25) is 29.1 Å². The van der Waals surface area contributed by atoms with Crippen LogP contribution in [0.5, 0.6) is 5.75 Å². The van der Waals surface area contributed by atoms with Gasteiger partial charge in [0.25, 0.3) is 11.8 Å². The number of hydrogen-bond acceptors (Lipinski definition) is 10. The van der Waals surface area contributed by atoms with Crippen molar-refractivity contribution in [2.45, 2.75) is 31.0 Å². The fourth-order valence-electron chi connectivity index (χ4n) is 6.24. The Kier molecular flexibility index (Phi) is 6.47. The lowest BCUT2D eigenvalue weighted by Crippen LogP contribution is -2.63. The first kappa shape index (κ1) is 27.0. The third-order valence-electron chi connectivity index (χ3n) is 8.04. The van der Waals surface area contributed by atoms with Crippen LogP contribution in [0.15, 0.2) is 59.2 Å². The lowest BCUT2D eigenvalue weighted by molar-refractivity contribution is -0.148. The molecule has 1 aromatic heterocycles. The van der Waals surface area contributed by atoms with Gasteiger partial charge in [0.05, 0.1) is 11.6 Å². The van der Waals surface area contributed by atoms with Crippen LogP contribution >= 0.6 is 0 Å². The Morgan fingerprint density at radius 1 is 1.15 bits per heavy atom. The van der Waals surface area contributed by atoms with E-state index in [1.54, 1.807) is 38.4 Å². The van der Waals surface area contributed by atoms with Crippen molar-refractivity contribution < 1.29 is 39.6 Å². The number of aromatic hydroxyl groups is 1. The molecule has 0 radical (unpaired) electrons. The molecule has 12 heteroatoms. The summed E-state index contributed by atoms with van der Waals surface area (Å²) in [7, 11) is 3.13. The number of aromatic nitrogens is 1. The molecule has 1 heterocycles. The van der Waals surface area contributed by atoms with Crippen molar-refractivity contribution in [1.82, 2.24) is 15.2 Å². The van der Waals surface area contributed by atoms with Crippen molar-refractivity contribution >= 4 is 23.4 Å². The molecule has 0 bridgehead atoms. The van der Waals surface area contributed by atoms with Crippen molar-refractivity contribution in [3.05, 3.63) is 81.6 Å². The number of ketones is 2. The Hall–Kier alpha value is -4.55. The number of carbonyl (C=O) groups excluding carboxylic acids is 4. The molecular weight excluding hydrogens is 520 g/mol. The number of nitrogens with zero attached hydrogens (tertiary/aromatic N) is 2. The second kappa shape index (κ2) is 9.57. The molecule has 0 unspecified atom stereocenters. The van der Waals surface area contributed by atoms with Gasteiger partial charge in [0.1, 0.15) is 28.5 Å². The van der Waals surface area contributed by atoms with E-state index in [1.165, 1.54) is 17.2 Å². The molecule has 4 atom stereocenters. The number of Topliss-reactive ketones (excluding diaryl/α,β-unsaturated/α-hetero) is 2. The van der Waals surface area contributed by atoms with Crippen LogP contribution in [0, 0.1) is 11.8 Å². The molecule has 0 spiro atoms. The number of rotatable bonds is 5. The number of aliphatic hydroxyl groups excluding tert-OH is 2. The van der Waals surface area contributed by atoms with Crippen LogP contribution in [-0.2, 0) is 22.6 Å². The summed E-state index contributed by atoms with van der Waals surface area (Å²) in [5, 5.41) is 47.2. The van der Waals surface area contributed by atoms with Gasteiger partial charge in [-0.25, -0.2) is 0 Å². The van der Waals surface area contributed by atoms with Crippen LogP contribution in [0.1, 0.15) is 38.4 Å². The molecule has 40 heavy (non-hydrogen) atoms. The molecule has 0 saturated heterocycles. The number of nitrogens with two attached hydrogens (primary N) is 1. The van der Waals surface area contributed by atoms with E-state index in [2.05, 4.69) is 10.3 Å². The average Bonchev–Trinajstić information content (AvgIpc) is 2.90. The summed E-state index contributed by atoms with van der Waals surface area (Å²) in [5.74, 6) is -7.57. The van der Waals surface area contributed by atoms with Crippen LogP contribution in [-0.4, -0.2) is 79.4 Å². The van der Waals surface area contributed by atoms with Crippen LogP contribution in [0.2, 0.25) is 0 Å². The van der Waals surface area contributed by atoms with E-state index in [1.807, 2.05) is 0 Å². The van der Waals surface area contributed by atoms with Gasteiger partial charge >= 0.3 is 0 Å². The molecule has 3 aliphatic rings. The average molecular weight is 549 g/mol. The molecule has 3 aliphatic carbocycles. The third-order valence-corrected chi connectivity index (χ3v) is 8.04. The zero-order valence-corrected chi connectivity index (χ0v) is 21.7. The van der Waals surface area contributed by atoms with E-state index in [0.717, 1.165) is 0 Å². The summed E-state index contributed by atoms with van der Waals surface area (Å²) < 4.78 is 0. The second-order valence-electron chi connectivity index (χ2n) is 10.5. The summed E-state index contributed by atoms with van der Waals surface area (Å²) in [5.41, 5.74) is 2.61. The lowest BCUT2D eigenvalue weighted by Gasteiger charge is -2.50. The van der Waals surface area contributed by atoms with Gasteiger partial charge in [-0.15, -0.1) is 0 Å². The number of amides is 2. The first-order valence-corrected chi connectivity index (χ1v) is 12.6. The van der Waals surface area contributed by atoms with Gasteiger partial charge in [0.2, 0.25) is 5.78 Å². The Bertz CT molecular complexity index is 1530. The second-order valence-corrected chi connectivity index (χ2v) is 10.5. The van der Waals surface area contributed by atoms with Crippen LogP contribution < -0.4 is 11.1 Å². The zero-order chi connectivity index (χ0) is 29.1. The lowest BCUT2D eigenvalue weighted by atomic mass is 9.58. The summed E-state index contributed by atoms with van der Waals surface area (Å²) in [6.07, 6.45) is 1.58. The predicted molar refractivity (Wildman–Crippen MR) is 139 cm³/mol. The molecule has 2 amide bonds. The number of aliphatic hydroxyl groups is 3. The smallest absolute Gasteiger partial charge is 0.270 e. The van der Waals surface area contributed by atoms with E-state index in [4.69, 9.17) is 5.73 Å². The molecule has 208 valence electrons. The molecule has 0 fully saturated rings. The maximum atomic E-state index is 13.8. The quantitative estimate of drug-likeness (QED) is 0.285. The van der Waals surface area contributed by atoms with E-state index >= 15 is 0 Å². The number of pyridine rings is 1. The Labute approximate surface area is 228 Å². The van der Waals surface area contributed by atoms with Crippen molar-refractivity contribution in [2.24, 2.45) is 17.6 Å². The number of fused-ring (bicyclic) bond motifs is 3. The number of hydrogen-bond donors (Lipinski definition) is 6. The Morgan fingerprint density at radius 2 is 1.88 bits per heavy atom. The van der Waals surface area contributed by atoms with E-state index in [0.29, 0.717) is 11.1 Å². The van der Waals surface area contributed by atoms with Gasteiger partial charge in [-0.2, -0.15) is 0 Å². The molecule has 0 saturated carbocycles. The highest BCUT2D eigenvalue weighted by atomic mass is 16.3. The molecule has 12 nitrogen and oxygen atoms in total. The summed E-state index contributed by atoms with van der Waals surface area (Å²) in [4.78, 5) is 57.2. The molecule has 2 aromatic rings. The van der Waals surface area contributed by atoms with Gasteiger partial charge in [0, 0.05) is 24.2 Å². The topological polar surface area (TPSA) is 203 Å². The van der Waals surface area contributed by atoms with Crippen molar-refractivity contribution in [3.8, 4) is 5.75 Å². The van der Waals surface area contributed by atoms with E-state index < -0.39 is 64.0 Å². The SMILES string of the molecule is CN(C)[C@@H]1C(O)=C(C(N)=O)C(=O)[C@@]2(O)C(O)=C3C(=O)c4c(O)ccc(CNC(=O)c5ccccn5)c4C[C@H]3C[C@@H]12. The standard InChI is InChI=1S/C28H28N4O8/c1-32(2)21-15-10-13-9-14-12(11-31-27(39)16-5-3-4-8-30-16)6-7-17(33)19(14)22(34)18(13)24(36)28(15,40)25(37)20(23(21)35)26(29)38/h3-8,13,15,21,33,35-36,40H,9-11H2,1-2H3,(H2,29,38)(H,31,39)/t13-,15-,21-,28-/m0/s1. The van der Waals surface area contributed by atoms with Gasteiger partial charge in [-0.05, 0) is 62.2 Å². The van der Waals surface area contributed by atoms with E-state index in [-0.39, 0.29) is 42.0 Å². The number of benzene rings is 1. The molecule has 0 aliphatic heterocycles. The monoisotopic (exact) mass is 548 g/mol. The predicted octanol–water partition coefficient (Wildman–Crippen LogP) is 0.446. The number of phenols is 1. The minimum atomic E-state index is -2.70. The van der Waals surface area contributed by atoms with Crippen molar-refractivity contribution in [2.75, 3.05) is 14.1 Å². The van der Waals surface area contributed by atoms with Crippen LogP contribution in [0.3, 0.4) is 0 Å². The fraction of sp³-hybridized carbons (Fsp3) is 0.321. The number of phenolic OH excluding ortho intramolecular Hbond substituents is 1. The maximum absolute atomic E-state index is 13.8. The van der Waals surface area contributed by atoms with E-state index in [9.17, 15) is 39.6 Å². The third kappa shape index (κ3) is 3.87. The number of primary amides is 1.